The Hall–Kier alpha value is -2.90. The molecular weight excluding hydrogens is 440 g/mol. The van der Waals surface area contributed by atoms with Crippen molar-refractivity contribution in [2.75, 3.05) is 14.1 Å². The van der Waals surface area contributed by atoms with Crippen LogP contribution in [-0.2, 0) is 4.74 Å². The van der Waals surface area contributed by atoms with Gasteiger partial charge in [0.2, 0.25) is 0 Å². The minimum Gasteiger partial charge on any atom is -0.444 e. The van der Waals surface area contributed by atoms with Crippen molar-refractivity contribution < 1.29 is 9.53 Å². The smallest absolute Gasteiger partial charge is 0.407 e. The molecule has 4 N–H and O–H groups in total. The van der Waals surface area contributed by atoms with Gasteiger partial charge in [0, 0.05) is 31.9 Å². The molecule has 0 radical (unpaired) electrons. The number of ether oxygens (including phenoxy) is 1. The van der Waals surface area contributed by atoms with Gasteiger partial charge in [0.05, 0.1) is 5.82 Å². The van der Waals surface area contributed by atoms with Crippen molar-refractivity contribution in [1.29, 1.82) is 0 Å². The van der Waals surface area contributed by atoms with Gasteiger partial charge in [-0.05, 0) is 78.4 Å². The molecular formula is C27H48N6O2. The number of allylic oxidation sites excluding steroid dienone is 5. The SMILES string of the molecule is C=C/C=C(/N)N(C)C(C)N(C)/C(=N\C(C)=C(\C=C)CC)N[C@H]1CC[C@H](NC(=O)OC(C)(C)C)CC1. The number of hydrogen-bond donors (Lipinski definition) is 3. The molecule has 0 aromatic heterocycles. The Morgan fingerprint density at radius 1 is 1.14 bits per heavy atom. The molecule has 0 spiro atoms. The maximum absolute atomic E-state index is 12.1. The third kappa shape index (κ3) is 10.1. The molecule has 1 fully saturated rings. The van der Waals surface area contributed by atoms with Gasteiger partial charge in [0.1, 0.15) is 11.8 Å². The number of hydrogen-bond acceptors (Lipinski definition) is 5. The summed E-state index contributed by atoms with van der Waals surface area (Å²) in [6.45, 7) is 19.5. The Morgan fingerprint density at radius 2 is 1.69 bits per heavy atom. The second kappa shape index (κ2) is 13.9. The average Bonchev–Trinajstić information content (AvgIpc) is 2.78. The zero-order valence-electron chi connectivity index (χ0n) is 23.1. The summed E-state index contributed by atoms with van der Waals surface area (Å²) in [5.74, 6) is 1.41. The van der Waals surface area contributed by atoms with Crippen LogP contribution < -0.4 is 16.4 Å². The largest absolute Gasteiger partial charge is 0.444 e. The van der Waals surface area contributed by atoms with Crippen LogP contribution in [0.5, 0.6) is 0 Å². The number of nitrogens with zero attached hydrogens (tertiary/aromatic N) is 3. The molecule has 0 aliphatic heterocycles. The molecule has 1 aliphatic rings. The third-order valence-corrected chi connectivity index (χ3v) is 6.30. The summed E-state index contributed by atoms with van der Waals surface area (Å²) < 4.78 is 5.41. The first-order valence-corrected chi connectivity index (χ1v) is 12.5. The molecule has 198 valence electrons. The van der Waals surface area contributed by atoms with E-state index in [0.29, 0.717) is 5.82 Å². The number of rotatable bonds is 9. The molecule has 1 saturated carbocycles. The molecule has 0 saturated heterocycles. The van der Waals surface area contributed by atoms with E-state index in [4.69, 9.17) is 15.5 Å². The lowest BCUT2D eigenvalue weighted by molar-refractivity contribution is 0.0490. The molecule has 1 amide bonds. The topological polar surface area (TPSA) is 95.2 Å². The monoisotopic (exact) mass is 488 g/mol. The van der Waals surface area contributed by atoms with E-state index in [1.54, 1.807) is 12.2 Å². The molecule has 0 bridgehead atoms. The highest BCUT2D eigenvalue weighted by Crippen LogP contribution is 2.21. The van der Waals surface area contributed by atoms with Crippen molar-refractivity contribution in [1.82, 2.24) is 20.4 Å². The van der Waals surface area contributed by atoms with Gasteiger partial charge >= 0.3 is 6.09 Å². The Balaban J connectivity index is 3.00. The van der Waals surface area contributed by atoms with Gasteiger partial charge < -0.3 is 30.9 Å². The van der Waals surface area contributed by atoms with E-state index in [-0.39, 0.29) is 24.3 Å². The highest BCUT2D eigenvalue weighted by Gasteiger charge is 2.27. The molecule has 1 unspecified atom stereocenters. The van der Waals surface area contributed by atoms with Crippen molar-refractivity contribution in [2.24, 2.45) is 10.7 Å². The van der Waals surface area contributed by atoms with Crippen LogP contribution in [0.2, 0.25) is 0 Å². The number of amides is 1. The summed E-state index contributed by atoms with van der Waals surface area (Å²) in [5.41, 5.74) is 7.74. The number of carbonyl (C=O) groups is 1. The van der Waals surface area contributed by atoms with Crippen LogP contribution in [0, 0.1) is 0 Å². The summed E-state index contributed by atoms with van der Waals surface area (Å²) in [6, 6.07) is 0.358. The van der Waals surface area contributed by atoms with Crippen molar-refractivity contribution in [2.45, 2.75) is 97.5 Å². The Labute approximate surface area is 213 Å². The normalized spacial score (nSPS) is 20.8. The predicted octanol–water partition coefficient (Wildman–Crippen LogP) is 4.83. The van der Waals surface area contributed by atoms with E-state index >= 15 is 0 Å². The van der Waals surface area contributed by atoms with Gasteiger partial charge in [0.25, 0.3) is 0 Å². The van der Waals surface area contributed by atoms with Crippen LogP contribution in [-0.4, -0.2) is 59.8 Å². The van der Waals surface area contributed by atoms with Crippen LogP contribution in [0.25, 0.3) is 0 Å². The van der Waals surface area contributed by atoms with Crippen molar-refractivity contribution in [3.8, 4) is 0 Å². The molecule has 1 atom stereocenters. The maximum Gasteiger partial charge on any atom is 0.407 e. The van der Waals surface area contributed by atoms with E-state index in [2.05, 4.69) is 42.5 Å². The fraction of sp³-hybridized carbons (Fsp3) is 0.630. The first-order valence-electron chi connectivity index (χ1n) is 12.5. The van der Waals surface area contributed by atoms with Crippen LogP contribution in [0.15, 0.2) is 53.5 Å². The lowest BCUT2D eigenvalue weighted by Gasteiger charge is -2.38. The molecule has 8 nitrogen and oxygen atoms in total. The van der Waals surface area contributed by atoms with Crippen LogP contribution >= 0.6 is 0 Å². The van der Waals surface area contributed by atoms with Gasteiger partial charge in [-0.1, -0.05) is 32.2 Å². The van der Waals surface area contributed by atoms with Gasteiger partial charge in [-0.25, -0.2) is 9.79 Å². The third-order valence-electron chi connectivity index (χ3n) is 6.30. The van der Waals surface area contributed by atoms with Crippen LogP contribution in [0.4, 0.5) is 4.79 Å². The molecule has 0 heterocycles. The molecule has 0 aromatic carbocycles. The number of carbonyl (C=O) groups excluding carboxylic acids is 1. The van der Waals surface area contributed by atoms with Crippen molar-refractivity contribution in [3.05, 3.63) is 48.5 Å². The van der Waals surface area contributed by atoms with Crippen molar-refractivity contribution >= 4 is 12.1 Å². The number of guanidine groups is 1. The highest BCUT2D eigenvalue weighted by molar-refractivity contribution is 5.81. The van der Waals surface area contributed by atoms with E-state index in [0.717, 1.165) is 49.3 Å². The summed E-state index contributed by atoms with van der Waals surface area (Å²) in [5, 5.41) is 6.67. The predicted molar refractivity (Wildman–Crippen MR) is 147 cm³/mol. The number of aliphatic imine (C=N–C) groups is 1. The van der Waals surface area contributed by atoms with E-state index < -0.39 is 5.60 Å². The van der Waals surface area contributed by atoms with Gasteiger partial charge in [0.15, 0.2) is 5.96 Å². The van der Waals surface area contributed by atoms with Gasteiger partial charge in [-0.2, -0.15) is 0 Å². The standard InChI is InChI=1S/C27H48N6O2/c1-11-14-24(28)32(9)20(5)33(10)25(29-19(4)21(12-2)13-3)30-22-15-17-23(18-16-22)31-26(34)35-27(6,7)8/h11-12,14,20,22-23H,1-2,13,15-18,28H2,3-10H3,(H,29,30)(H,31,34)/b21-19-,24-14-/t20?,22-,23-. The van der Waals surface area contributed by atoms with Crippen molar-refractivity contribution in [3.63, 3.8) is 0 Å². The maximum atomic E-state index is 12.1. The molecule has 1 aliphatic carbocycles. The highest BCUT2D eigenvalue weighted by atomic mass is 16.6. The summed E-state index contributed by atoms with van der Waals surface area (Å²) in [7, 11) is 3.96. The first-order chi connectivity index (χ1) is 16.3. The Bertz CT molecular complexity index is 816. The van der Waals surface area contributed by atoms with E-state index in [1.807, 2.05) is 52.8 Å². The number of nitrogens with two attached hydrogens (primary N) is 1. The number of alkyl carbamates (subject to hydrolysis) is 1. The second-order valence-electron chi connectivity index (χ2n) is 10.1. The molecule has 0 aromatic rings. The summed E-state index contributed by atoms with van der Waals surface area (Å²) in [4.78, 5) is 21.2. The molecule has 8 heteroatoms. The average molecular weight is 489 g/mol. The van der Waals surface area contributed by atoms with Crippen LogP contribution in [0.1, 0.15) is 73.6 Å². The Kier molecular flexibility index (Phi) is 11.9. The Morgan fingerprint density at radius 3 is 2.14 bits per heavy atom. The molecule has 35 heavy (non-hydrogen) atoms. The van der Waals surface area contributed by atoms with Crippen LogP contribution in [0.3, 0.4) is 0 Å². The van der Waals surface area contributed by atoms with Gasteiger partial charge in [-0.15, -0.1) is 0 Å². The second-order valence-corrected chi connectivity index (χ2v) is 10.1. The quantitative estimate of drug-likeness (QED) is 0.186. The molecule has 1 rings (SSSR count). The lowest BCUT2D eigenvalue weighted by atomic mass is 9.91. The lowest BCUT2D eigenvalue weighted by Crippen LogP contribution is -2.54. The zero-order chi connectivity index (χ0) is 26.8. The minimum atomic E-state index is -0.499. The fourth-order valence-corrected chi connectivity index (χ4v) is 3.92. The minimum absolute atomic E-state index is 0.0516. The van der Waals surface area contributed by atoms with Gasteiger partial charge in [-0.3, -0.25) is 0 Å². The summed E-state index contributed by atoms with van der Waals surface area (Å²) in [6.07, 6.45) is 9.37. The number of nitrogens with one attached hydrogen (secondary N) is 2. The first kappa shape index (κ1) is 30.1. The summed E-state index contributed by atoms with van der Waals surface area (Å²) >= 11 is 0. The van der Waals surface area contributed by atoms with E-state index in [9.17, 15) is 4.79 Å². The fourth-order valence-electron chi connectivity index (χ4n) is 3.92. The zero-order valence-corrected chi connectivity index (χ0v) is 23.1. The van der Waals surface area contributed by atoms with E-state index in [1.165, 1.54) is 0 Å².